The smallest absolute Gasteiger partial charge is 0.310 e. The number of halogens is 1. The van der Waals surface area contributed by atoms with Crippen molar-refractivity contribution in [3.05, 3.63) is 64.1 Å². The highest BCUT2D eigenvalue weighted by Gasteiger charge is 2.48. The van der Waals surface area contributed by atoms with E-state index in [0.717, 1.165) is 15.6 Å². The SMILES string of the molecule is COc1ccc(CN([C@H]2CC[C@](Cc3cccc(Br)c3)(C(=O)O)C2)S(C)(=O)=O)cc1. The third-order valence-corrected chi connectivity index (χ3v) is 7.57. The molecule has 2 aromatic carbocycles. The Labute approximate surface area is 186 Å². The van der Waals surface area contributed by atoms with Crippen molar-refractivity contribution < 1.29 is 23.1 Å². The second-order valence-corrected chi connectivity index (χ2v) is 10.8. The first kappa shape index (κ1) is 22.8. The molecule has 1 N–H and O–H groups in total. The van der Waals surface area contributed by atoms with Gasteiger partial charge in [-0.2, -0.15) is 4.31 Å². The fourth-order valence-electron chi connectivity index (χ4n) is 4.24. The van der Waals surface area contributed by atoms with Crippen molar-refractivity contribution in [2.45, 2.75) is 38.3 Å². The number of hydrogen-bond donors (Lipinski definition) is 1. The van der Waals surface area contributed by atoms with Gasteiger partial charge in [0, 0.05) is 17.1 Å². The van der Waals surface area contributed by atoms with E-state index in [9.17, 15) is 18.3 Å². The van der Waals surface area contributed by atoms with E-state index < -0.39 is 21.4 Å². The highest BCUT2D eigenvalue weighted by molar-refractivity contribution is 9.10. The van der Waals surface area contributed by atoms with Gasteiger partial charge in [0.05, 0.1) is 18.8 Å². The lowest BCUT2D eigenvalue weighted by molar-refractivity contribution is -0.148. The zero-order chi connectivity index (χ0) is 21.9. The number of carboxylic acid groups (broad SMARTS) is 1. The molecule has 0 bridgehead atoms. The lowest BCUT2D eigenvalue weighted by Gasteiger charge is -2.29. The van der Waals surface area contributed by atoms with Crippen LogP contribution in [0.2, 0.25) is 0 Å². The van der Waals surface area contributed by atoms with Crippen LogP contribution in [0, 0.1) is 5.41 Å². The first-order valence-corrected chi connectivity index (χ1v) is 12.3. The van der Waals surface area contributed by atoms with Gasteiger partial charge < -0.3 is 9.84 Å². The van der Waals surface area contributed by atoms with Gasteiger partial charge in [0.2, 0.25) is 10.0 Å². The predicted octanol–water partition coefficient (Wildman–Crippen LogP) is 4.09. The Morgan fingerprint density at radius 3 is 2.50 bits per heavy atom. The minimum Gasteiger partial charge on any atom is -0.497 e. The van der Waals surface area contributed by atoms with Crippen LogP contribution in [0.4, 0.5) is 0 Å². The molecule has 1 aliphatic rings. The van der Waals surface area contributed by atoms with Crippen molar-refractivity contribution in [2.75, 3.05) is 13.4 Å². The maximum atomic E-state index is 12.6. The Balaban J connectivity index is 1.83. The highest BCUT2D eigenvalue weighted by Crippen LogP contribution is 2.44. The number of carbonyl (C=O) groups is 1. The standard InChI is InChI=1S/C22H26BrNO5S/c1-29-20-8-6-16(7-9-20)15-24(30(2,27)28)19-10-11-22(14-19,21(25)26)13-17-4-3-5-18(23)12-17/h3-9,12,19H,10-11,13-15H2,1-2H3,(H,25,26)/t19-,22+/m0/s1. The van der Waals surface area contributed by atoms with Gasteiger partial charge in [0.1, 0.15) is 5.75 Å². The fraction of sp³-hybridized carbons (Fsp3) is 0.409. The molecule has 0 aromatic heterocycles. The van der Waals surface area contributed by atoms with Crippen molar-refractivity contribution in [1.29, 1.82) is 0 Å². The molecule has 3 rings (SSSR count). The van der Waals surface area contributed by atoms with Crippen LogP contribution >= 0.6 is 15.9 Å². The van der Waals surface area contributed by atoms with Gasteiger partial charge in [-0.3, -0.25) is 4.79 Å². The second kappa shape index (κ2) is 9.08. The first-order chi connectivity index (χ1) is 14.1. The summed E-state index contributed by atoms with van der Waals surface area (Å²) >= 11 is 3.43. The van der Waals surface area contributed by atoms with Gasteiger partial charge >= 0.3 is 5.97 Å². The van der Waals surface area contributed by atoms with E-state index in [1.165, 1.54) is 10.6 Å². The molecule has 0 unspecified atom stereocenters. The van der Waals surface area contributed by atoms with Crippen molar-refractivity contribution in [1.82, 2.24) is 4.31 Å². The Morgan fingerprint density at radius 2 is 1.93 bits per heavy atom. The maximum absolute atomic E-state index is 12.6. The van der Waals surface area contributed by atoms with E-state index >= 15 is 0 Å². The molecule has 1 saturated carbocycles. The molecule has 0 amide bonds. The normalized spacial score (nSPS) is 21.7. The molecule has 0 aliphatic heterocycles. The molecule has 8 heteroatoms. The van der Waals surface area contributed by atoms with Crippen LogP contribution < -0.4 is 4.74 Å². The predicted molar refractivity (Wildman–Crippen MR) is 119 cm³/mol. The van der Waals surface area contributed by atoms with Gasteiger partial charge in [-0.1, -0.05) is 40.2 Å². The summed E-state index contributed by atoms with van der Waals surface area (Å²) in [6.07, 6.45) is 2.81. The monoisotopic (exact) mass is 495 g/mol. The molecular formula is C22H26BrNO5S. The minimum absolute atomic E-state index is 0.208. The van der Waals surface area contributed by atoms with Crippen LogP contribution in [-0.2, 0) is 27.8 Å². The number of rotatable bonds is 8. The molecule has 2 aromatic rings. The number of ether oxygens (including phenoxy) is 1. The third-order valence-electron chi connectivity index (χ3n) is 5.80. The van der Waals surface area contributed by atoms with Gasteiger partial charge in [-0.15, -0.1) is 0 Å². The van der Waals surface area contributed by atoms with Crippen LogP contribution in [-0.4, -0.2) is 43.2 Å². The lowest BCUT2D eigenvalue weighted by atomic mass is 9.80. The molecule has 0 saturated heterocycles. The molecule has 1 aliphatic carbocycles. The molecule has 2 atom stereocenters. The van der Waals surface area contributed by atoms with Crippen molar-refractivity contribution >= 4 is 31.9 Å². The average molecular weight is 496 g/mol. The summed E-state index contributed by atoms with van der Waals surface area (Å²) in [6.45, 7) is 0.208. The molecule has 6 nitrogen and oxygen atoms in total. The van der Waals surface area contributed by atoms with Crippen LogP contribution in [0.25, 0.3) is 0 Å². The molecule has 0 spiro atoms. The zero-order valence-corrected chi connectivity index (χ0v) is 19.4. The summed E-state index contributed by atoms with van der Waals surface area (Å²) in [5, 5.41) is 10.1. The topological polar surface area (TPSA) is 83.9 Å². The van der Waals surface area contributed by atoms with Crippen LogP contribution in [0.3, 0.4) is 0 Å². The van der Waals surface area contributed by atoms with E-state index in [1.54, 1.807) is 19.2 Å². The summed E-state index contributed by atoms with van der Waals surface area (Å²) in [7, 11) is -1.94. The van der Waals surface area contributed by atoms with E-state index in [1.807, 2.05) is 36.4 Å². The Kier molecular flexibility index (Phi) is 6.89. The van der Waals surface area contributed by atoms with Crippen LogP contribution in [0.1, 0.15) is 30.4 Å². The second-order valence-electron chi connectivity index (χ2n) is 7.95. The summed E-state index contributed by atoms with van der Waals surface area (Å²) in [5.41, 5.74) is 0.781. The van der Waals surface area contributed by atoms with Crippen molar-refractivity contribution in [2.24, 2.45) is 5.41 Å². The lowest BCUT2D eigenvalue weighted by Crippen LogP contribution is -2.40. The number of benzene rings is 2. The number of methoxy groups -OCH3 is 1. The summed E-state index contributed by atoms with van der Waals surface area (Å²) in [6, 6.07) is 14.5. The van der Waals surface area contributed by atoms with E-state index in [-0.39, 0.29) is 19.0 Å². The Bertz CT molecular complexity index is 1010. The summed E-state index contributed by atoms with van der Waals surface area (Å²) < 4.78 is 32.7. The average Bonchev–Trinajstić information content (AvgIpc) is 3.10. The first-order valence-electron chi connectivity index (χ1n) is 9.70. The third kappa shape index (κ3) is 5.22. The van der Waals surface area contributed by atoms with E-state index in [2.05, 4.69) is 15.9 Å². The van der Waals surface area contributed by atoms with Gasteiger partial charge in [0.15, 0.2) is 0 Å². The molecule has 162 valence electrons. The largest absolute Gasteiger partial charge is 0.497 e. The number of aliphatic carboxylic acids is 1. The molecular weight excluding hydrogens is 470 g/mol. The molecule has 1 fully saturated rings. The Morgan fingerprint density at radius 1 is 1.23 bits per heavy atom. The van der Waals surface area contributed by atoms with Crippen LogP contribution in [0.5, 0.6) is 5.75 Å². The van der Waals surface area contributed by atoms with Gasteiger partial charge in [-0.05, 0) is 61.1 Å². The number of nitrogens with zero attached hydrogens (tertiary/aromatic N) is 1. The number of sulfonamides is 1. The maximum Gasteiger partial charge on any atom is 0.310 e. The Hall–Kier alpha value is -1.90. The molecule has 0 heterocycles. The van der Waals surface area contributed by atoms with Crippen molar-refractivity contribution in [3.63, 3.8) is 0 Å². The van der Waals surface area contributed by atoms with Gasteiger partial charge in [0.25, 0.3) is 0 Å². The summed E-state index contributed by atoms with van der Waals surface area (Å²) in [4.78, 5) is 12.3. The number of hydrogen-bond acceptors (Lipinski definition) is 4. The van der Waals surface area contributed by atoms with Gasteiger partial charge in [-0.25, -0.2) is 8.42 Å². The number of carboxylic acids is 1. The van der Waals surface area contributed by atoms with Crippen molar-refractivity contribution in [3.8, 4) is 5.75 Å². The quantitative estimate of drug-likeness (QED) is 0.596. The minimum atomic E-state index is -3.52. The van der Waals surface area contributed by atoms with Crippen LogP contribution in [0.15, 0.2) is 53.0 Å². The van der Waals surface area contributed by atoms with E-state index in [0.29, 0.717) is 25.0 Å². The molecule has 30 heavy (non-hydrogen) atoms. The fourth-order valence-corrected chi connectivity index (χ4v) is 5.79. The summed E-state index contributed by atoms with van der Waals surface area (Å²) in [5.74, 6) is -0.174. The zero-order valence-electron chi connectivity index (χ0n) is 17.0. The highest BCUT2D eigenvalue weighted by atomic mass is 79.9. The molecule has 0 radical (unpaired) electrons. The van der Waals surface area contributed by atoms with E-state index in [4.69, 9.17) is 4.74 Å².